The zero-order chi connectivity index (χ0) is 9.22. The molecule has 4 bridgehead atoms. The highest BCUT2D eigenvalue weighted by Crippen LogP contribution is 2.62. The zero-order valence-corrected chi connectivity index (χ0v) is 8.29. The maximum absolute atomic E-state index is 10.4. The van der Waals surface area contributed by atoms with E-state index < -0.39 is 0 Å². The van der Waals surface area contributed by atoms with Crippen LogP contribution in [-0.2, 0) is 0 Å². The fourth-order valence-electron chi connectivity index (χ4n) is 4.36. The van der Waals surface area contributed by atoms with Gasteiger partial charge in [-0.05, 0) is 56.3 Å². The lowest BCUT2D eigenvalue weighted by atomic mass is 9.67. The standard InChI is InChI=1S/C12H18O/c1-7-8-3-4-9(7)11-6-5-10(8)12(11,2)13/h8-11,13H,1,3-6H2,2H3. The molecule has 0 aromatic rings. The van der Waals surface area contributed by atoms with Gasteiger partial charge in [-0.2, -0.15) is 0 Å². The maximum atomic E-state index is 10.4. The smallest absolute Gasteiger partial charge is 0.0687 e. The third kappa shape index (κ3) is 0.775. The van der Waals surface area contributed by atoms with Gasteiger partial charge in [-0.3, -0.25) is 0 Å². The lowest BCUT2D eigenvalue weighted by Crippen LogP contribution is -2.45. The van der Waals surface area contributed by atoms with Crippen LogP contribution in [0.15, 0.2) is 12.2 Å². The Morgan fingerprint density at radius 3 is 2.08 bits per heavy atom. The van der Waals surface area contributed by atoms with Gasteiger partial charge in [-0.25, -0.2) is 0 Å². The van der Waals surface area contributed by atoms with Gasteiger partial charge in [0.15, 0.2) is 0 Å². The lowest BCUT2D eigenvalue weighted by molar-refractivity contribution is -0.0537. The second kappa shape index (κ2) is 2.20. The van der Waals surface area contributed by atoms with Crippen LogP contribution in [0.3, 0.4) is 0 Å². The summed E-state index contributed by atoms with van der Waals surface area (Å²) in [6.45, 7) is 6.30. The van der Waals surface area contributed by atoms with Crippen LogP contribution >= 0.6 is 0 Å². The van der Waals surface area contributed by atoms with Gasteiger partial charge >= 0.3 is 0 Å². The third-order valence-corrected chi connectivity index (χ3v) is 5.00. The summed E-state index contributed by atoms with van der Waals surface area (Å²) >= 11 is 0. The fourth-order valence-corrected chi connectivity index (χ4v) is 4.36. The average Bonchev–Trinajstić information content (AvgIpc) is 2.36. The molecule has 0 spiro atoms. The molecule has 0 aliphatic heterocycles. The predicted molar refractivity (Wildman–Crippen MR) is 52.2 cm³/mol. The minimum absolute atomic E-state index is 0.368. The molecule has 3 aliphatic carbocycles. The van der Waals surface area contributed by atoms with Crippen molar-refractivity contribution in [3.63, 3.8) is 0 Å². The molecule has 3 rings (SSSR count). The molecule has 0 heterocycles. The molecule has 0 aromatic carbocycles. The molecule has 3 fully saturated rings. The summed E-state index contributed by atoms with van der Waals surface area (Å²) in [5.41, 5.74) is 1.10. The molecule has 4 unspecified atom stereocenters. The first-order chi connectivity index (χ1) is 6.12. The van der Waals surface area contributed by atoms with Crippen molar-refractivity contribution in [1.82, 2.24) is 0 Å². The molecule has 4 atom stereocenters. The molecule has 0 aromatic heterocycles. The van der Waals surface area contributed by atoms with Crippen LogP contribution in [0.25, 0.3) is 0 Å². The second-order valence-corrected chi connectivity index (χ2v) is 5.38. The highest BCUT2D eigenvalue weighted by molar-refractivity contribution is 5.25. The predicted octanol–water partition coefficient (Wildman–Crippen LogP) is 2.36. The van der Waals surface area contributed by atoms with Crippen molar-refractivity contribution in [2.24, 2.45) is 23.7 Å². The van der Waals surface area contributed by atoms with E-state index in [0.29, 0.717) is 23.7 Å². The molecule has 0 saturated heterocycles. The van der Waals surface area contributed by atoms with E-state index in [9.17, 15) is 5.11 Å². The first-order valence-corrected chi connectivity index (χ1v) is 5.53. The summed E-state index contributed by atoms with van der Waals surface area (Å²) in [4.78, 5) is 0. The average molecular weight is 178 g/mol. The Morgan fingerprint density at radius 1 is 1.15 bits per heavy atom. The molecule has 72 valence electrons. The first kappa shape index (κ1) is 8.05. The van der Waals surface area contributed by atoms with E-state index in [1.807, 2.05) is 0 Å². The summed E-state index contributed by atoms with van der Waals surface area (Å²) in [5.74, 6) is 2.37. The molecular formula is C12H18O. The summed E-state index contributed by atoms with van der Waals surface area (Å²) in [7, 11) is 0. The number of hydrogen-bond donors (Lipinski definition) is 1. The largest absolute Gasteiger partial charge is 0.390 e. The molecule has 1 nitrogen and oxygen atoms in total. The van der Waals surface area contributed by atoms with Crippen molar-refractivity contribution >= 4 is 0 Å². The Balaban J connectivity index is 2.08. The number of rotatable bonds is 0. The monoisotopic (exact) mass is 178 g/mol. The molecule has 0 radical (unpaired) electrons. The van der Waals surface area contributed by atoms with Crippen LogP contribution in [0.2, 0.25) is 0 Å². The van der Waals surface area contributed by atoms with E-state index in [4.69, 9.17) is 0 Å². The molecule has 1 N–H and O–H groups in total. The molecule has 13 heavy (non-hydrogen) atoms. The van der Waals surface area contributed by atoms with Gasteiger partial charge in [0, 0.05) is 0 Å². The zero-order valence-electron chi connectivity index (χ0n) is 8.29. The molecule has 1 heteroatoms. The highest BCUT2D eigenvalue weighted by atomic mass is 16.3. The van der Waals surface area contributed by atoms with Crippen LogP contribution < -0.4 is 0 Å². The summed E-state index contributed by atoms with van der Waals surface area (Å²) in [5, 5.41) is 10.4. The van der Waals surface area contributed by atoms with Gasteiger partial charge < -0.3 is 5.11 Å². The molecule has 3 aliphatic rings. The number of hydrogen-bond acceptors (Lipinski definition) is 1. The number of aliphatic hydroxyl groups is 1. The van der Waals surface area contributed by atoms with Crippen molar-refractivity contribution in [3.05, 3.63) is 12.2 Å². The van der Waals surface area contributed by atoms with Crippen LogP contribution in [0.5, 0.6) is 0 Å². The Morgan fingerprint density at radius 2 is 1.62 bits per heavy atom. The SMILES string of the molecule is C=C1C2CCC1C1CCC2C1(C)O. The fraction of sp³-hybridized carbons (Fsp3) is 0.833. The van der Waals surface area contributed by atoms with E-state index in [2.05, 4.69) is 13.5 Å². The van der Waals surface area contributed by atoms with Crippen molar-refractivity contribution in [2.45, 2.75) is 38.2 Å². The van der Waals surface area contributed by atoms with Gasteiger partial charge in [0.1, 0.15) is 0 Å². The topological polar surface area (TPSA) is 20.2 Å². The highest BCUT2D eigenvalue weighted by Gasteiger charge is 2.59. The van der Waals surface area contributed by atoms with Crippen molar-refractivity contribution in [3.8, 4) is 0 Å². The molecule has 0 amide bonds. The number of allylic oxidation sites excluding steroid dienone is 1. The van der Waals surface area contributed by atoms with E-state index in [1.165, 1.54) is 31.3 Å². The minimum Gasteiger partial charge on any atom is -0.390 e. The second-order valence-electron chi connectivity index (χ2n) is 5.38. The van der Waals surface area contributed by atoms with Crippen LogP contribution in [-0.4, -0.2) is 10.7 Å². The van der Waals surface area contributed by atoms with Gasteiger partial charge in [0.2, 0.25) is 0 Å². The van der Waals surface area contributed by atoms with Crippen LogP contribution in [0.1, 0.15) is 32.6 Å². The number of fused-ring (bicyclic) bond motifs is 6. The quantitative estimate of drug-likeness (QED) is 0.565. The molecule has 3 saturated carbocycles. The lowest BCUT2D eigenvalue weighted by Gasteiger charge is -2.42. The third-order valence-electron chi connectivity index (χ3n) is 5.00. The Bertz CT molecular complexity index is 242. The van der Waals surface area contributed by atoms with Gasteiger partial charge in [0.05, 0.1) is 5.60 Å². The Hall–Kier alpha value is -0.300. The van der Waals surface area contributed by atoms with Crippen molar-refractivity contribution < 1.29 is 5.11 Å². The summed E-state index contributed by atoms with van der Waals surface area (Å²) in [6.07, 6.45) is 5.05. The normalized spacial score (nSPS) is 58.8. The van der Waals surface area contributed by atoms with E-state index in [0.717, 1.165) is 0 Å². The van der Waals surface area contributed by atoms with E-state index in [1.54, 1.807) is 0 Å². The first-order valence-electron chi connectivity index (χ1n) is 5.53. The summed E-state index contributed by atoms with van der Waals surface area (Å²) < 4.78 is 0. The van der Waals surface area contributed by atoms with Crippen LogP contribution in [0, 0.1) is 23.7 Å². The summed E-state index contributed by atoms with van der Waals surface area (Å²) in [6, 6.07) is 0. The van der Waals surface area contributed by atoms with Crippen LogP contribution in [0.4, 0.5) is 0 Å². The maximum Gasteiger partial charge on any atom is 0.0687 e. The van der Waals surface area contributed by atoms with E-state index >= 15 is 0 Å². The van der Waals surface area contributed by atoms with Crippen molar-refractivity contribution in [1.29, 1.82) is 0 Å². The van der Waals surface area contributed by atoms with E-state index in [-0.39, 0.29) is 5.60 Å². The minimum atomic E-state index is -0.368. The van der Waals surface area contributed by atoms with Crippen molar-refractivity contribution in [2.75, 3.05) is 0 Å². The van der Waals surface area contributed by atoms with Gasteiger partial charge in [0.25, 0.3) is 0 Å². The van der Waals surface area contributed by atoms with Gasteiger partial charge in [-0.1, -0.05) is 12.2 Å². The van der Waals surface area contributed by atoms with Gasteiger partial charge in [-0.15, -0.1) is 0 Å². The molecular weight excluding hydrogens is 160 g/mol. The Labute approximate surface area is 79.8 Å². The Kier molecular flexibility index (Phi) is 1.36.